The highest BCUT2D eigenvalue weighted by Crippen LogP contribution is 2.23. The van der Waals surface area contributed by atoms with Gasteiger partial charge in [-0.05, 0) is 57.0 Å². The van der Waals surface area contributed by atoms with Crippen LogP contribution >= 0.6 is 0 Å². The molecule has 26 heavy (non-hydrogen) atoms. The van der Waals surface area contributed by atoms with Crippen molar-refractivity contribution in [3.63, 3.8) is 0 Å². The van der Waals surface area contributed by atoms with Crippen LogP contribution in [0.1, 0.15) is 64.6 Å². The molecule has 1 saturated heterocycles. The highest BCUT2D eigenvalue weighted by atomic mass is 16.1. The van der Waals surface area contributed by atoms with Crippen LogP contribution in [0.15, 0.2) is 18.2 Å². The van der Waals surface area contributed by atoms with Crippen LogP contribution in [-0.2, 0) is 17.9 Å². The van der Waals surface area contributed by atoms with Gasteiger partial charge in [0.25, 0.3) is 0 Å². The molecule has 2 aromatic rings. The molecule has 142 valence electrons. The minimum absolute atomic E-state index is 0.0905. The van der Waals surface area contributed by atoms with Gasteiger partial charge in [-0.1, -0.05) is 26.7 Å². The number of fused-ring (bicyclic) bond motifs is 1. The maximum absolute atomic E-state index is 12.0. The molecule has 1 amide bonds. The molecule has 0 saturated carbocycles. The van der Waals surface area contributed by atoms with Crippen LogP contribution in [0.5, 0.6) is 0 Å². The SMILES string of the molecule is CCCCC(=O)Nc1ccc2c(c1)nc(CN1CCCCC1)n2CCC. The minimum Gasteiger partial charge on any atom is -0.327 e. The lowest BCUT2D eigenvalue weighted by Crippen LogP contribution is -2.30. The van der Waals surface area contributed by atoms with Gasteiger partial charge in [-0.2, -0.15) is 0 Å². The number of benzene rings is 1. The lowest BCUT2D eigenvalue weighted by molar-refractivity contribution is -0.116. The molecule has 1 aliphatic rings. The Kier molecular flexibility index (Phi) is 6.67. The molecular weight excluding hydrogens is 324 g/mol. The molecule has 0 atom stereocenters. The molecule has 0 unspecified atom stereocenters. The quantitative estimate of drug-likeness (QED) is 0.754. The largest absolute Gasteiger partial charge is 0.327 e. The summed E-state index contributed by atoms with van der Waals surface area (Å²) in [6, 6.07) is 6.13. The molecule has 3 rings (SSSR count). The number of nitrogens with zero attached hydrogens (tertiary/aromatic N) is 3. The summed E-state index contributed by atoms with van der Waals surface area (Å²) in [5.41, 5.74) is 3.01. The molecule has 5 nitrogen and oxygen atoms in total. The Morgan fingerprint density at radius 1 is 1.15 bits per heavy atom. The third-order valence-corrected chi connectivity index (χ3v) is 5.13. The second-order valence-corrected chi connectivity index (χ2v) is 7.37. The molecule has 1 fully saturated rings. The van der Waals surface area contributed by atoms with Crippen molar-refractivity contribution in [3.8, 4) is 0 Å². The topological polar surface area (TPSA) is 50.2 Å². The van der Waals surface area contributed by atoms with Crippen molar-refractivity contribution in [2.45, 2.75) is 71.9 Å². The lowest BCUT2D eigenvalue weighted by Gasteiger charge is -2.26. The van der Waals surface area contributed by atoms with E-state index in [-0.39, 0.29) is 5.91 Å². The van der Waals surface area contributed by atoms with Gasteiger partial charge in [0, 0.05) is 18.7 Å². The number of carbonyl (C=O) groups excluding carboxylic acids is 1. The third-order valence-electron chi connectivity index (χ3n) is 5.13. The number of aryl methyl sites for hydroxylation is 1. The summed E-state index contributed by atoms with van der Waals surface area (Å²) < 4.78 is 2.35. The Labute approximate surface area is 156 Å². The van der Waals surface area contributed by atoms with Crippen molar-refractivity contribution in [3.05, 3.63) is 24.0 Å². The van der Waals surface area contributed by atoms with E-state index in [4.69, 9.17) is 4.98 Å². The number of nitrogens with one attached hydrogen (secondary N) is 1. The number of carbonyl (C=O) groups is 1. The van der Waals surface area contributed by atoms with Gasteiger partial charge >= 0.3 is 0 Å². The molecule has 2 heterocycles. The zero-order valence-corrected chi connectivity index (χ0v) is 16.3. The zero-order chi connectivity index (χ0) is 18.4. The maximum Gasteiger partial charge on any atom is 0.224 e. The summed E-state index contributed by atoms with van der Waals surface area (Å²) >= 11 is 0. The van der Waals surface area contributed by atoms with Crippen molar-refractivity contribution in [1.82, 2.24) is 14.5 Å². The first-order chi connectivity index (χ1) is 12.7. The average molecular weight is 357 g/mol. The molecule has 1 aromatic carbocycles. The highest BCUT2D eigenvalue weighted by molar-refractivity contribution is 5.93. The smallest absolute Gasteiger partial charge is 0.224 e. The van der Waals surface area contributed by atoms with E-state index in [2.05, 4.69) is 34.7 Å². The Morgan fingerprint density at radius 3 is 2.69 bits per heavy atom. The second kappa shape index (κ2) is 9.17. The maximum atomic E-state index is 12.0. The lowest BCUT2D eigenvalue weighted by atomic mass is 10.1. The molecule has 5 heteroatoms. The van der Waals surface area contributed by atoms with Crippen molar-refractivity contribution < 1.29 is 4.79 Å². The molecule has 1 aromatic heterocycles. The number of likely N-dealkylation sites (tertiary alicyclic amines) is 1. The van der Waals surface area contributed by atoms with Crippen LogP contribution in [0, 0.1) is 0 Å². The number of hydrogen-bond donors (Lipinski definition) is 1. The van der Waals surface area contributed by atoms with Gasteiger partial charge in [-0.3, -0.25) is 9.69 Å². The summed E-state index contributed by atoms with van der Waals surface area (Å²) in [5, 5.41) is 3.01. The first kappa shape index (κ1) is 18.9. The number of unbranched alkanes of at least 4 members (excludes halogenated alkanes) is 1. The Hall–Kier alpha value is -1.88. The van der Waals surface area contributed by atoms with E-state index < -0.39 is 0 Å². The van der Waals surface area contributed by atoms with E-state index in [1.165, 1.54) is 37.9 Å². The predicted octanol–water partition coefficient (Wildman–Crippen LogP) is 4.56. The van der Waals surface area contributed by atoms with Gasteiger partial charge in [-0.25, -0.2) is 4.98 Å². The van der Waals surface area contributed by atoms with Crippen molar-refractivity contribution in [2.24, 2.45) is 0 Å². The number of aromatic nitrogens is 2. The van der Waals surface area contributed by atoms with E-state index in [0.717, 1.165) is 49.4 Å². The van der Waals surface area contributed by atoms with Crippen LogP contribution < -0.4 is 5.32 Å². The van der Waals surface area contributed by atoms with Crippen LogP contribution in [0.25, 0.3) is 11.0 Å². The van der Waals surface area contributed by atoms with Crippen LogP contribution in [0.4, 0.5) is 5.69 Å². The summed E-state index contributed by atoms with van der Waals surface area (Å²) in [4.78, 5) is 19.4. The zero-order valence-electron chi connectivity index (χ0n) is 16.3. The number of anilines is 1. The molecular formula is C21H32N4O. The molecule has 0 spiro atoms. The summed E-state index contributed by atoms with van der Waals surface area (Å²) in [7, 11) is 0. The fourth-order valence-electron chi connectivity index (χ4n) is 3.73. The van der Waals surface area contributed by atoms with E-state index in [9.17, 15) is 4.79 Å². The average Bonchev–Trinajstić information content (AvgIpc) is 2.98. The van der Waals surface area contributed by atoms with E-state index in [1.807, 2.05) is 12.1 Å². The Morgan fingerprint density at radius 2 is 1.96 bits per heavy atom. The van der Waals surface area contributed by atoms with E-state index >= 15 is 0 Å². The summed E-state index contributed by atoms with van der Waals surface area (Å²) in [5.74, 6) is 1.24. The van der Waals surface area contributed by atoms with Gasteiger partial charge in [0.1, 0.15) is 5.82 Å². The molecule has 0 aliphatic carbocycles. The van der Waals surface area contributed by atoms with Crippen LogP contribution in [-0.4, -0.2) is 33.4 Å². The standard InChI is InChI=1S/C21H32N4O/c1-3-5-9-21(26)22-17-10-11-19-18(15-17)23-20(25(19)12-4-2)16-24-13-7-6-8-14-24/h10-11,15H,3-9,12-14,16H2,1-2H3,(H,22,26). The Balaban J connectivity index is 1.80. The number of hydrogen-bond acceptors (Lipinski definition) is 3. The molecule has 1 aliphatic heterocycles. The van der Waals surface area contributed by atoms with Gasteiger partial charge in [0.05, 0.1) is 17.6 Å². The van der Waals surface area contributed by atoms with Crippen molar-refractivity contribution >= 4 is 22.6 Å². The molecule has 1 N–H and O–H groups in total. The van der Waals surface area contributed by atoms with Crippen molar-refractivity contribution in [1.29, 1.82) is 0 Å². The normalized spacial score (nSPS) is 15.5. The molecule has 0 radical (unpaired) electrons. The number of piperidine rings is 1. The number of amides is 1. The summed E-state index contributed by atoms with van der Waals surface area (Å²) in [6.45, 7) is 8.57. The number of imidazole rings is 1. The van der Waals surface area contributed by atoms with Crippen molar-refractivity contribution in [2.75, 3.05) is 18.4 Å². The van der Waals surface area contributed by atoms with Gasteiger partial charge in [-0.15, -0.1) is 0 Å². The fourth-order valence-corrected chi connectivity index (χ4v) is 3.73. The van der Waals surface area contributed by atoms with Crippen LogP contribution in [0.2, 0.25) is 0 Å². The summed E-state index contributed by atoms with van der Waals surface area (Å²) in [6.07, 6.45) is 7.58. The first-order valence-corrected chi connectivity index (χ1v) is 10.2. The Bertz CT molecular complexity index is 731. The minimum atomic E-state index is 0.0905. The highest BCUT2D eigenvalue weighted by Gasteiger charge is 2.16. The monoisotopic (exact) mass is 356 g/mol. The van der Waals surface area contributed by atoms with E-state index in [0.29, 0.717) is 6.42 Å². The van der Waals surface area contributed by atoms with Gasteiger partial charge < -0.3 is 9.88 Å². The molecule has 0 bridgehead atoms. The van der Waals surface area contributed by atoms with Crippen LogP contribution in [0.3, 0.4) is 0 Å². The fraction of sp³-hybridized carbons (Fsp3) is 0.619. The first-order valence-electron chi connectivity index (χ1n) is 10.2. The van der Waals surface area contributed by atoms with E-state index in [1.54, 1.807) is 0 Å². The van der Waals surface area contributed by atoms with Gasteiger partial charge in [0.2, 0.25) is 5.91 Å². The number of rotatable bonds is 8. The van der Waals surface area contributed by atoms with Gasteiger partial charge in [0.15, 0.2) is 0 Å². The third kappa shape index (κ3) is 4.64. The second-order valence-electron chi connectivity index (χ2n) is 7.37. The predicted molar refractivity (Wildman–Crippen MR) is 107 cm³/mol.